The maximum Gasteiger partial charge on any atom is 0.408 e. The van der Waals surface area contributed by atoms with Crippen LogP contribution < -0.4 is 5.32 Å². The third-order valence-corrected chi connectivity index (χ3v) is 5.34. The van der Waals surface area contributed by atoms with E-state index < -0.39 is 35.0 Å². The fraction of sp³-hybridized carbons (Fsp3) is 0.368. The van der Waals surface area contributed by atoms with Gasteiger partial charge in [-0.1, -0.05) is 18.2 Å². The molecule has 148 valence electrons. The topological polar surface area (TPSA) is 109 Å². The number of alkyl carbamates (subject to hydrolysis) is 1. The molecule has 3 heterocycles. The van der Waals surface area contributed by atoms with E-state index in [1.807, 2.05) is 6.07 Å². The van der Waals surface area contributed by atoms with Crippen molar-refractivity contribution < 1.29 is 24.2 Å². The summed E-state index contributed by atoms with van der Waals surface area (Å²) >= 11 is 1.40. The molecule has 2 N–H and O–H groups in total. The number of ether oxygens (including phenoxy) is 1. The summed E-state index contributed by atoms with van der Waals surface area (Å²) in [6.07, 6.45) is 6.05. The zero-order chi connectivity index (χ0) is 20.5. The van der Waals surface area contributed by atoms with Crippen LogP contribution in [0.1, 0.15) is 26.3 Å². The number of hydrogen-bond acceptors (Lipinski definition) is 6. The van der Waals surface area contributed by atoms with E-state index in [1.165, 1.54) is 16.7 Å². The molecule has 2 aliphatic rings. The minimum absolute atomic E-state index is 0.0591. The second-order valence-electron chi connectivity index (χ2n) is 7.33. The minimum Gasteiger partial charge on any atom is -0.477 e. The number of pyridine rings is 1. The molecule has 8 nitrogen and oxygen atoms in total. The number of aliphatic carboxylic acids is 1. The number of fused-ring (bicyclic) bond motifs is 1. The van der Waals surface area contributed by atoms with Crippen molar-refractivity contribution in [1.82, 2.24) is 15.2 Å². The average Bonchev–Trinajstić information content (AvgIpc) is 2.62. The summed E-state index contributed by atoms with van der Waals surface area (Å²) in [5.74, 6) is -1.24. The minimum atomic E-state index is -1.18. The molecule has 2 aliphatic heterocycles. The Morgan fingerprint density at radius 1 is 1.39 bits per heavy atom. The molecular weight excluding hydrogens is 382 g/mol. The SMILES string of the molecule is CC(C)(C)OC(=O)NC1C(=O)N2C(C(=O)O)=C(/C=C/c3cccnc3)CS[C@H]12. The van der Waals surface area contributed by atoms with Gasteiger partial charge in [-0.2, -0.15) is 0 Å². The van der Waals surface area contributed by atoms with Crippen molar-refractivity contribution in [2.45, 2.75) is 37.8 Å². The van der Waals surface area contributed by atoms with Crippen LogP contribution >= 0.6 is 11.8 Å². The summed E-state index contributed by atoms with van der Waals surface area (Å²) in [5, 5.41) is 11.7. The predicted molar refractivity (Wildman–Crippen MR) is 104 cm³/mol. The fourth-order valence-corrected chi connectivity index (χ4v) is 4.20. The van der Waals surface area contributed by atoms with Gasteiger partial charge >= 0.3 is 12.1 Å². The van der Waals surface area contributed by atoms with Crippen molar-refractivity contribution in [3.05, 3.63) is 47.4 Å². The molecule has 1 saturated heterocycles. The molecule has 2 atom stereocenters. The lowest BCUT2D eigenvalue weighted by Gasteiger charge is -2.49. The number of amides is 2. The highest BCUT2D eigenvalue weighted by molar-refractivity contribution is 8.00. The third kappa shape index (κ3) is 4.19. The first kappa shape index (κ1) is 19.9. The van der Waals surface area contributed by atoms with Crippen molar-refractivity contribution in [2.75, 3.05) is 5.75 Å². The summed E-state index contributed by atoms with van der Waals surface area (Å²) in [6.45, 7) is 5.18. The highest BCUT2D eigenvalue weighted by Crippen LogP contribution is 2.40. The van der Waals surface area contributed by atoms with Gasteiger partial charge in [-0.25, -0.2) is 9.59 Å². The average molecular weight is 403 g/mol. The lowest BCUT2D eigenvalue weighted by Crippen LogP contribution is -2.70. The Bertz CT molecular complexity index is 860. The Kier molecular flexibility index (Phi) is 5.46. The number of nitrogens with zero attached hydrogens (tertiary/aromatic N) is 2. The molecule has 28 heavy (non-hydrogen) atoms. The van der Waals surface area contributed by atoms with Gasteiger partial charge in [-0.3, -0.25) is 14.7 Å². The highest BCUT2D eigenvalue weighted by Gasteiger charge is 2.54. The number of thioether (sulfide) groups is 1. The second kappa shape index (κ2) is 7.67. The number of hydrogen-bond donors (Lipinski definition) is 2. The molecule has 1 unspecified atom stereocenters. The van der Waals surface area contributed by atoms with Crippen LogP contribution in [0.2, 0.25) is 0 Å². The normalized spacial score (nSPS) is 22.0. The van der Waals surface area contributed by atoms with Crippen LogP contribution in [-0.4, -0.2) is 55.7 Å². The maximum atomic E-state index is 12.5. The summed E-state index contributed by atoms with van der Waals surface area (Å²) < 4.78 is 5.18. The molecule has 1 aromatic heterocycles. The smallest absolute Gasteiger partial charge is 0.408 e. The predicted octanol–water partition coefficient (Wildman–Crippen LogP) is 2.24. The fourth-order valence-electron chi connectivity index (χ4n) is 2.88. The Labute approximate surface area is 166 Å². The van der Waals surface area contributed by atoms with Crippen molar-refractivity contribution in [3.63, 3.8) is 0 Å². The van der Waals surface area contributed by atoms with Crippen molar-refractivity contribution in [1.29, 1.82) is 0 Å². The van der Waals surface area contributed by atoms with Crippen LogP contribution in [0, 0.1) is 0 Å². The van der Waals surface area contributed by atoms with Crippen molar-refractivity contribution >= 4 is 35.8 Å². The maximum absolute atomic E-state index is 12.5. The van der Waals surface area contributed by atoms with E-state index in [2.05, 4.69) is 10.3 Å². The monoisotopic (exact) mass is 403 g/mol. The van der Waals surface area contributed by atoms with E-state index in [1.54, 1.807) is 51.4 Å². The first-order chi connectivity index (χ1) is 13.2. The number of carbonyl (C=O) groups excluding carboxylic acids is 2. The van der Waals surface area contributed by atoms with Gasteiger partial charge < -0.3 is 15.2 Å². The molecule has 1 aromatic rings. The Hall–Kier alpha value is -2.81. The van der Waals surface area contributed by atoms with Crippen LogP contribution in [0.5, 0.6) is 0 Å². The van der Waals surface area contributed by atoms with Gasteiger partial charge in [0, 0.05) is 18.1 Å². The Morgan fingerprint density at radius 2 is 2.14 bits per heavy atom. The van der Waals surface area contributed by atoms with Crippen LogP contribution in [0.3, 0.4) is 0 Å². The summed E-state index contributed by atoms with van der Waals surface area (Å²) in [7, 11) is 0. The molecule has 0 spiro atoms. The van der Waals surface area contributed by atoms with Gasteiger partial charge in [0.25, 0.3) is 5.91 Å². The van der Waals surface area contributed by atoms with E-state index in [4.69, 9.17) is 4.74 Å². The van der Waals surface area contributed by atoms with E-state index in [0.717, 1.165) is 5.56 Å². The molecule has 0 radical (unpaired) electrons. The number of nitrogens with one attached hydrogen (secondary N) is 1. The number of carbonyl (C=O) groups is 3. The van der Waals surface area contributed by atoms with Crippen LogP contribution in [0.15, 0.2) is 41.9 Å². The van der Waals surface area contributed by atoms with Crippen LogP contribution in [0.4, 0.5) is 4.79 Å². The first-order valence-electron chi connectivity index (χ1n) is 8.66. The number of carboxylic acids is 1. The van der Waals surface area contributed by atoms with Gasteiger partial charge in [0.1, 0.15) is 22.7 Å². The molecule has 0 bridgehead atoms. The largest absolute Gasteiger partial charge is 0.477 e. The molecule has 2 amide bonds. The number of allylic oxidation sites excluding steroid dienone is 1. The summed E-state index contributed by atoms with van der Waals surface area (Å²) in [6, 6.07) is 2.82. The van der Waals surface area contributed by atoms with Crippen LogP contribution in [-0.2, 0) is 14.3 Å². The van der Waals surface area contributed by atoms with Gasteiger partial charge in [0.05, 0.1) is 0 Å². The lowest BCUT2D eigenvalue weighted by atomic mass is 10.0. The molecule has 9 heteroatoms. The zero-order valence-corrected chi connectivity index (χ0v) is 16.5. The van der Waals surface area contributed by atoms with E-state index in [9.17, 15) is 19.5 Å². The molecule has 1 fully saturated rings. The molecule has 0 saturated carbocycles. The third-order valence-electron chi connectivity index (χ3n) is 4.03. The molecule has 3 rings (SSSR count). The van der Waals surface area contributed by atoms with E-state index >= 15 is 0 Å². The molecule has 0 aromatic carbocycles. The van der Waals surface area contributed by atoms with E-state index in [-0.39, 0.29) is 5.70 Å². The second-order valence-corrected chi connectivity index (χ2v) is 8.44. The molecular formula is C19H21N3O5S. The number of aromatic nitrogens is 1. The standard InChI is InChI=1S/C19H21N3O5S/c1-19(2,3)27-18(26)21-13-15(23)22-14(17(24)25)12(10-28-16(13)22)7-6-11-5-4-8-20-9-11/h4-9,13,16H,10H2,1-3H3,(H,21,26)(H,24,25)/b7-6+/t13?,16-/m1/s1. The summed E-state index contributed by atoms with van der Waals surface area (Å²) in [4.78, 5) is 41.5. The number of β-lactam (4-membered cyclic amide) rings is 1. The quantitative estimate of drug-likeness (QED) is 0.742. The Morgan fingerprint density at radius 3 is 2.75 bits per heavy atom. The van der Waals surface area contributed by atoms with Gasteiger partial charge in [0.2, 0.25) is 0 Å². The lowest BCUT2D eigenvalue weighted by molar-refractivity contribution is -0.149. The first-order valence-corrected chi connectivity index (χ1v) is 9.71. The van der Waals surface area contributed by atoms with Crippen molar-refractivity contribution in [2.24, 2.45) is 0 Å². The highest BCUT2D eigenvalue weighted by atomic mass is 32.2. The Balaban J connectivity index is 1.77. The molecule has 0 aliphatic carbocycles. The number of carboxylic acid groups (broad SMARTS) is 1. The van der Waals surface area contributed by atoms with Gasteiger partial charge in [0.15, 0.2) is 0 Å². The van der Waals surface area contributed by atoms with E-state index in [0.29, 0.717) is 11.3 Å². The number of rotatable bonds is 4. The summed E-state index contributed by atoms with van der Waals surface area (Å²) in [5.41, 5.74) is 0.608. The zero-order valence-electron chi connectivity index (χ0n) is 15.7. The van der Waals surface area contributed by atoms with Gasteiger partial charge in [-0.15, -0.1) is 11.8 Å². The van der Waals surface area contributed by atoms with Gasteiger partial charge in [-0.05, 0) is 38.0 Å². The van der Waals surface area contributed by atoms with Crippen LogP contribution in [0.25, 0.3) is 6.08 Å². The van der Waals surface area contributed by atoms with Crippen molar-refractivity contribution in [3.8, 4) is 0 Å².